The van der Waals surface area contributed by atoms with E-state index in [1.54, 1.807) is 11.1 Å². The summed E-state index contributed by atoms with van der Waals surface area (Å²) >= 11 is 0. The number of para-hydroxylation sites is 2. The maximum Gasteiger partial charge on any atom is 0.282 e. The fourth-order valence-corrected chi connectivity index (χ4v) is 4.13. The Hall–Kier alpha value is -4.41. The Bertz CT molecular complexity index is 1320. The number of imide groups is 1. The molecule has 0 radical (unpaired) electrons. The number of benzene rings is 2. The van der Waals surface area contributed by atoms with E-state index in [0.717, 1.165) is 15.9 Å². The lowest BCUT2D eigenvalue weighted by molar-refractivity contribution is -0.385. The van der Waals surface area contributed by atoms with E-state index in [2.05, 4.69) is 9.97 Å². The fraction of sp³-hybridized carbons (Fsp3) is 0.227. The van der Waals surface area contributed by atoms with Gasteiger partial charge in [0, 0.05) is 32.2 Å². The Balaban J connectivity index is 1.25. The number of hydrogen-bond donors (Lipinski definition) is 0. The van der Waals surface area contributed by atoms with Crippen molar-refractivity contribution in [3.8, 4) is 0 Å². The number of hydrogen-bond acceptors (Lipinski definition) is 8. The van der Waals surface area contributed by atoms with Crippen LogP contribution in [0.1, 0.15) is 20.7 Å². The standard InChI is InChI=1S/C22H18N6O5/c29-19(13-27-21(30)14-4-3-7-17(28(32)33)20(14)22(27)31)26-10-8-25(9-11-26)18-12-23-15-5-1-2-6-16(15)24-18/h1-7,12H,8-11,13H2. The molecule has 0 unspecified atom stereocenters. The summed E-state index contributed by atoms with van der Waals surface area (Å²) < 4.78 is 0. The number of amides is 3. The normalized spacial score (nSPS) is 15.8. The maximum absolute atomic E-state index is 12.8. The lowest BCUT2D eigenvalue weighted by Crippen LogP contribution is -2.52. The van der Waals surface area contributed by atoms with Gasteiger partial charge in [0.05, 0.1) is 27.7 Å². The first-order valence-corrected chi connectivity index (χ1v) is 10.3. The van der Waals surface area contributed by atoms with Crippen molar-refractivity contribution in [3.63, 3.8) is 0 Å². The first kappa shape index (κ1) is 20.5. The average Bonchev–Trinajstić information content (AvgIpc) is 3.08. The number of aromatic nitrogens is 2. The molecule has 2 aliphatic rings. The molecular weight excluding hydrogens is 428 g/mol. The minimum atomic E-state index is -0.819. The lowest BCUT2D eigenvalue weighted by Gasteiger charge is -2.35. The third-order valence-electron chi connectivity index (χ3n) is 5.86. The number of carbonyl (C=O) groups excluding carboxylic acids is 3. The van der Waals surface area contributed by atoms with E-state index < -0.39 is 34.9 Å². The molecule has 11 nitrogen and oxygen atoms in total. The van der Waals surface area contributed by atoms with Gasteiger partial charge in [-0.05, 0) is 18.2 Å². The van der Waals surface area contributed by atoms with Crippen LogP contribution in [-0.4, -0.2) is 75.1 Å². The highest BCUT2D eigenvalue weighted by Gasteiger charge is 2.42. The molecule has 3 heterocycles. The minimum Gasteiger partial charge on any atom is -0.352 e. The molecule has 0 spiro atoms. The number of piperazine rings is 1. The number of rotatable bonds is 4. The zero-order valence-corrected chi connectivity index (χ0v) is 17.4. The zero-order valence-electron chi connectivity index (χ0n) is 17.4. The van der Waals surface area contributed by atoms with Crippen molar-refractivity contribution < 1.29 is 19.3 Å². The van der Waals surface area contributed by atoms with Crippen molar-refractivity contribution >= 4 is 40.3 Å². The number of anilines is 1. The summed E-state index contributed by atoms with van der Waals surface area (Å²) in [5.74, 6) is -1.19. The zero-order chi connectivity index (χ0) is 23.1. The summed E-state index contributed by atoms with van der Waals surface area (Å²) in [5, 5.41) is 11.2. The largest absolute Gasteiger partial charge is 0.352 e. The number of nitro groups is 1. The van der Waals surface area contributed by atoms with Crippen LogP contribution in [0, 0.1) is 10.1 Å². The molecule has 3 aromatic rings. The van der Waals surface area contributed by atoms with Crippen molar-refractivity contribution in [1.29, 1.82) is 0 Å². The van der Waals surface area contributed by atoms with Crippen molar-refractivity contribution in [2.75, 3.05) is 37.6 Å². The van der Waals surface area contributed by atoms with Gasteiger partial charge in [-0.3, -0.25) is 34.4 Å². The van der Waals surface area contributed by atoms with Gasteiger partial charge in [0.2, 0.25) is 5.91 Å². The molecule has 0 saturated carbocycles. The van der Waals surface area contributed by atoms with Gasteiger partial charge in [0.1, 0.15) is 17.9 Å². The van der Waals surface area contributed by atoms with Crippen LogP contribution >= 0.6 is 0 Å². The predicted octanol–water partition coefficient (Wildman–Crippen LogP) is 1.48. The van der Waals surface area contributed by atoms with Gasteiger partial charge in [-0.1, -0.05) is 18.2 Å². The van der Waals surface area contributed by atoms with E-state index in [9.17, 15) is 24.5 Å². The first-order valence-electron chi connectivity index (χ1n) is 10.3. The number of fused-ring (bicyclic) bond motifs is 2. The number of nitrogens with zero attached hydrogens (tertiary/aromatic N) is 6. The Labute approximate surface area is 187 Å². The van der Waals surface area contributed by atoms with Gasteiger partial charge < -0.3 is 9.80 Å². The highest BCUT2D eigenvalue weighted by molar-refractivity contribution is 6.24. The summed E-state index contributed by atoms with van der Waals surface area (Å²) in [6.45, 7) is 1.35. The fourth-order valence-electron chi connectivity index (χ4n) is 4.13. The van der Waals surface area contributed by atoms with E-state index >= 15 is 0 Å². The van der Waals surface area contributed by atoms with Gasteiger partial charge in [-0.2, -0.15) is 0 Å². The van der Waals surface area contributed by atoms with Crippen molar-refractivity contribution in [3.05, 3.63) is 69.9 Å². The summed E-state index contributed by atoms with van der Waals surface area (Å²) in [6.07, 6.45) is 1.70. The smallest absolute Gasteiger partial charge is 0.282 e. The molecule has 2 aromatic carbocycles. The molecule has 3 amide bonds. The van der Waals surface area contributed by atoms with E-state index in [-0.39, 0.29) is 11.1 Å². The summed E-state index contributed by atoms with van der Waals surface area (Å²) in [5.41, 5.74) is 0.831. The van der Waals surface area contributed by atoms with E-state index in [0.29, 0.717) is 32.0 Å². The first-order chi connectivity index (χ1) is 15.9. The molecule has 1 saturated heterocycles. The highest BCUT2D eigenvalue weighted by atomic mass is 16.6. The maximum atomic E-state index is 12.8. The summed E-state index contributed by atoms with van der Waals surface area (Å²) in [4.78, 5) is 62.1. The van der Waals surface area contributed by atoms with Gasteiger partial charge in [-0.15, -0.1) is 0 Å². The van der Waals surface area contributed by atoms with Crippen LogP contribution in [0.5, 0.6) is 0 Å². The predicted molar refractivity (Wildman–Crippen MR) is 117 cm³/mol. The van der Waals surface area contributed by atoms with Crippen LogP contribution in [0.4, 0.5) is 11.5 Å². The quantitative estimate of drug-likeness (QED) is 0.335. The van der Waals surface area contributed by atoms with Gasteiger partial charge >= 0.3 is 0 Å². The van der Waals surface area contributed by atoms with E-state index in [4.69, 9.17) is 0 Å². The third-order valence-corrected chi connectivity index (χ3v) is 5.86. The Morgan fingerprint density at radius 3 is 2.42 bits per heavy atom. The van der Waals surface area contributed by atoms with Gasteiger partial charge in [-0.25, -0.2) is 4.98 Å². The monoisotopic (exact) mass is 446 g/mol. The molecular formula is C22H18N6O5. The minimum absolute atomic E-state index is 0.0540. The molecule has 0 atom stereocenters. The SMILES string of the molecule is O=C(CN1C(=O)c2cccc([N+](=O)[O-])c2C1=O)N1CCN(c2cnc3ccccc3n2)CC1. The molecule has 166 valence electrons. The van der Waals surface area contributed by atoms with Crippen LogP contribution in [-0.2, 0) is 4.79 Å². The van der Waals surface area contributed by atoms with E-state index in [1.165, 1.54) is 18.2 Å². The molecule has 0 N–H and O–H groups in total. The molecule has 11 heteroatoms. The van der Waals surface area contributed by atoms with Crippen LogP contribution in [0.15, 0.2) is 48.7 Å². The van der Waals surface area contributed by atoms with Crippen LogP contribution in [0.25, 0.3) is 11.0 Å². The van der Waals surface area contributed by atoms with Crippen molar-refractivity contribution in [2.24, 2.45) is 0 Å². The Kier molecular flexibility index (Phi) is 4.93. The lowest BCUT2D eigenvalue weighted by atomic mass is 10.1. The molecule has 2 aliphatic heterocycles. The molecule has 1 fully saturated rings. The molecule has 0 bridgehead atoms. The number of carbonyl (C=O) groups is 3. The van der Waals surface area contributed by atoms with E-state index in [1.807, 2.05) is 29.2 Å². The number of nitro benzene ring substituents is 1. The highest BCUT2D eigenvalue weighted by Crippen LogP contribution is 2.30. The van der Waals surface area contributed by atoms with Gasteiger partial charge in [0.15, 0.2) is 0 Å². The molecule has 5 rings (SSSR count). The summed E-state index contributed by atoms with van der Waals surface area (Å²) in [6, 6.07) is 11.4. The Morgan fingerprint density at radius 1 is 0.970 bits per heavy atom. The molecule has 0 aliphatic carbocycles. The third kappa shape index (κ3) is 3.53. The van der Waals surface area contributed by atoms with Gasteiger partial charge in [0.25, 0.3) is 17.5 Å². The average molecular weight is 446 g/mol. The molecule has 1 aromatic heterocycles. The van der Waals surface area contributed by atoms with Crippen LogP contribution in [0.2, 0.25) is 0 Å². The van der Waals surface area contributed by atoms with Crippen molar-refractivity contribution in [2.45, 2.75) is 0 Å². The Morgan fingerprint density at radius 2 is 1.70 bits per heavy atom. The molecule has 33 heavy (non-hydrogen) atoms. The second-order valence-corrected chi connectivity index (χ2v) is 7.74. The van der Waals surface area contributed by atoms with Crippen LogP contribution < -0.4 is 4.90 Å². The topological polar surface area (TPSA) is 130 Å². The second-order valence-electron chi connectivity index (χ2n) is 7.74. The van der Waals surface area contributed by atoms with Crippen LogP contribution in [0.3, 0.4) is 0 Å². The van der Waals surface area contributed by atoms with Crippen molar-refractivity contribution in [1.82, 2.24) is 19.8 Å². The summed E-state index contributed by atoms with van der Waals surface area (Å²) in [7, 11) is 0. The second kappa shape index (κ2) is 7.93.